The predicted octanol–water partition coefficient (Wildman–Crippen LogP) is 3.17. The molecule has 1 saturated heterocycles. The number of alkyl halides is 3. The Morgan fingerprint density at radius 3 is 2.57 bits per heavy atom. The molecule has 2 aromatic heterocycles. The minimum Gasteiger partial charge on any atom is -0.379 e. The van der Waals surface area contributed by atoms with Crippen molar-refractivity contribution in [1.29, 1.82) is 0 Å². The Kier molecular flexibility index (Phi) is 4.47. The number of halogens is 3. The van der Waals surface area contributed by atoms with Crippen molar-refractivity contribution in [2.75, 3.05) is 18.5 Å². The molecule has 0 aromatic carbocycles. The minimum absolute atomic E-state index is 0.0207. The highest BCUT2D eigenvalue weighted by Crippen LogP contribution is 2.29. The molecule has 1 fully saturated rings. The molecule has 0 aliphatic carbocycles. The molecule has 1 aliphatic rings. The Balaban J connectivity index is 1.64. The van der Waals surface area contributed by atoms with Crippen LogP contribution >= 0.6 is 0 Å². The zero-order valence-electron chi connectivity index (χ0n) is 12.3. The maximum Gasteiger partial charge on any atom is 0.417 e. The summed E-state index contributed by atoms with van der Waals surface area (Å²) < 4.78 is 43.1. The molecule has 0 amide bonds. The Morgan fingerprint density at radius 1 is 1.13 bits per heavy atom. The smallest absolute Gasteiger partial charge is 0.379 e. The van der Waals surface area contributed by atoms with Crippen LogP contribution in [0.25, 0.3) is 0 Å². The van der Waals surface area contributed by atoms with Gasteiger partial charge in [-0.3, -0.25) is 4.98 Å². The second-order valence-corrected chi connectivity index (χ2v) is 5.54. The number of nitrogens with one attached hydrogen (secondary N) is 1. The van der Waals surface area contributed by atoms with Crippen LogP contribution < -0.4 is 5.32 Å². The lowest BCUT2D eigenvalue weighted by molar-refractivity contribution is -0.137. The molecule has 3 heterocycles. The van der Waals surface area contributed by atoms with Crippen molar-refractivity contribution < 1.29 is 17.9 Å². The molecule has 0 spiro atoms. The highest BCUT2D eigenvalue weighted by molar-refractivity contribution is 5.38. The molecule has 122 valence electrons. The van der Waals surface area contributed by atoms with Crippen LogP contribution in [0.4, 0.5) is 19.0 Å². The maximum absolute atomic E-state index is 12.5. The van der Waals surface area contributed by atoms with Crippen LogP contribution in [0.1, 0.15) is 11.1 Å². The molecule has 7 heteroatoms. The quantitative estimate of drug-likeness (QED) is 0.939. The van der Waals surface area contributed by atoms with E-state index in [2.05, 4.69) is 15.3 Å². The molecule has 3 rings (SSSR count). The molecule has 0 bridgehead atoms. The second-order valence-electron chi connectivity index (χ2n) is 5.54. The first-order valence-corrected chi connectivity index (χ1v) is 7.29. The summed E-state index contributed by atoms with van der Waals surface area (Å²) in [6, 6.07) is 6.30. The van der Waals surface area contributed by atoms with Gasteiger partial charge in [0.2, 0.25) is 0 Å². The number of aromatic nitrogens is 2. The van der Waals surface area contributed by atoms with E-state index in [-0.39, 0.29) is 12.0 Å². The van der Waals surface area contributed by atoms with Crippen LogP contribution in [0.5, 0.6) is 0 Å². The molecule has 0 radical (unpaired) electrons. The minimum atomic E-state index is -4.37. The molecule has 0 unspecified atom stereocenters. The van der Waals surface area contributed by atoms with Crippen LogP contribution in [0.2, 0.25) is 0 Å². The van der Waals surface area contributed by atoms with Gasteiger partial charge in [0.05, 0.1) is 24.8 Å². The molecule has 2 aromatic rings. The number of nitrogens with zero attached hydrogens (tertiary/aromatic N) is 2. The molecule has 4 nitrogen and oxygen atoms in total. The predicted molar refractivity (Wildman–Crippen MR) is 78.9 cm³/mol. The van der Waals surface area contributed by atoms with Crippen molar-refractivity contribution in [3.8, 4) is 0 Å². The highest BCUT2D eigenvalue weighted by atomic mass is 19.4. The Bertz CT molecular complexity index is 631. The zero-order valence-corrected chi connectivity index (χ0v) is 12.3. The van der Waals surface area contributed by atoms with Crippen molar-refractivity contribution in [3.05, 3.63) is 54.0 Å². The fourth-order valence-electron chi connectivity index (χ4n) is 2.62. The van der Waals surface area contributed by atoms with Gasteiger partial charge in [-0.15, -0.1) is 0 Å². The zero-order chi connectivity index (χ0) is 16.3. The van der Waals surface area contributed by atoms with Gasteiger partial charge >= 0.3 is 6.18 Å². The van der Waals surface area contributed by atoms with Gasteiger partial charge in [-0.1, -0.05) is 0 Å². The van der Waals surface area contributed by atoms with Gasteiger partial charge in [-0.25, -0.2) is 4.98 Å². The lowest BCUT2D eigenvalue weighted by Crippen LogP contribution is -2.29. The lowest BCUT2D eigenvalue weighted by atomic mass is 9.95. The van der Waals surface area contributed by atoms with Crippen LogP contribution in [-0.2, 0) is 17.3 Å². The summed E-state index contributed by atoms with van der Waals surface area (Å²) in [7, 11) is 0. The standard InChI is InChI=1S/C16H16F3N3O/c17-16(18,19)13-1-2-15(21-8-13)22-14-10-23-9-12(14)7-11-3-5-20-6-4-11/h1-6,8,12,14H,7,9-10H2,(H,21,22)/t12-,14-/m1/s1. The summed E-state index contributed by atoms with van der Waals surface area (Å²) in [5.74, 6) is 0.662. The van der Waals surface area contributed by atoms with Crippen LogP contribution in [-0.4, -0.2) is 29.2 Å². The molecular formula is C16H16F3N3O. The average Bonchev–Trinajstić information content (AvgIpc) is 2.95. The lowest BCUT2D eigenvalue weighted by Gasteiger charge is -2.20. The van der Waals surface area contributed by atoms with Crippen LogP contribution in [0.3, 0.4) is 0 Å². The van der Waals surface area contributed by atoms with E-state index >= 15 is 0 Å². The summed E-state index contributed by atoms with van der Waals surface area (Å²) in [5, 5.41) is 3.17. The Morgan fingerprint density at radius 2 is 1.91 bits per heavy atom. The van der Waals surface area contributed by atoms with Crippen molar-refractivity contribution in [2.24, 2.45) is 5.92 Å². The summed E-state index contributed by atoms with van der Waals surface area (Å²) in [4.78, 5) is 7.84. The number of hydrogen-bond acceptors (Lipinski definition) is 4. The number of anilines is 1. The largest absolute Gasteiger partial charge is 0.417 e. The highest BCUT2D eigenvalue weighted by Gasteiger charge is 2.31. The summed E-state index contributed by atoms with van der Waals surface area (Å²) in [5.41, 5.74) is 0.404. The molecule has 1 aliphatic heterocycles. The number of hydrogen-bond donors (Lipinski definition) is 1. The van der Waals surface area contributed by atoms with E-state index in [9.17, 15) is 13.2 Å². The summed E-state index contributed by atoms with van der Waals surface area (Å²) in [6.07, 6.45) is 0.776. The summed E-state index contributed by atoms with van der Waals surface area (Å²) in [6.45, 7) is 1.12. The van der Waals surface area contributed by atoms with Gasteiger partial charge in [0, 0.05) is 24.5 Å². The van der Waals surface area contributed by atoms with E-state index < -0.39 is 11.7 Å². The first kappa shape index (κ1) is 15.7. The third kappa shape index (κ3) is 3.98. The normalized spacial score (nSPS) is 21.3. The Labute approximate surface area is 131 Å². The van der Waals surface area contributed by atoms with Gasteiger partial charge in [0.1, 0.15) is 5.82 Å². The molecule has 23 heavy (non-hydrogen) atoms. The average molecular weight is 323 g/mol. The molecule has 2 atom stereocenters. The fourth-order valence-corrected chi connectivity index (χ4v) is 2.62. The topological polar surface area (TPSA) is 47.0 Å². The third-order valence-corrected chi connectivity index (χ3v) is 3.87. The van der Waals surface area contributed by atoms with Crippen molar-refractivity contribution in [2.45, 2.75) is 18.6 Å². The third-order valence-electron chi connectivity index (χ3n) is 3.87. The van der Waals surface area contributed by atoms with Gasteiger partial charge < -0.3 is 10.1 Å². The van der Waals surface area contributed by atoms with Gasteiger partial charge in [0.15, 0.2) is 0 Å². The van der Waals surface area contributed by atoms with E-state index in [1.165, 1.54) is 6.07 Å². The molecule has 0 saturated carbocycles. The summed E-state index contributed by atoms with van der Waals surface area (Å²) >= 11 is 0. The number of pyridine rings is 2. The molecule has 1 N–H and O–H groups in total. The first-order valence-electron chi connectivity index (χ1n) is 7.29. The molecular weight excluding hydrogens is 307 g/mol. The maximum atomic E-state index is 12.5. The van der Waals surface area contributed by atoms with Gasteiger partial charge in [-0.05, 0) is 36.2 Å². The van der Waals surface area contributed by atoms with E-state index in [4.69, 9.17) is 4.74 Å². The second kappa shape index (κ2) is 6.54. The van der Waals surface area contributed by atoms with Crippen molar-refractivity contribution >= 4 is 5.82 Å². The van der Waals surface area contributed by atoms with Crippen LogP contribution in [0.15, 0.2) is 42.9 Å². The van der Waals surface area contributed by atoms with Crippen molar-refractivity contribution in [1.82, 2.24) is 9.97 Å². The van der Waals surface area contributed by atoms with E-state index in [1.807, 2.05) is 12.1 Å². The first-order chi connectivity index (χ1) is 11.0. The van der Waals surface area contributed by atoms with Gasteiger partial charge in [-0.2, -0.15) is 13.2 Å². The Hall–Kier alpha value is -2.15. The van der Waals surface area contributed by atoms with E-state index in [0.29, 0.717) is 19.0 Å². The fraction of sp³-hybridized carbons (Fsp3) is 0.375. The van der Waals surface area contributed by atoms with Gasteiger partial charge in [0.25, 0.3) is 0 Å². The van der Waals surface area contributed by atoms with Crippen LogP contribution in [0, 0.1) is 5.92 Å². The van der Waals surface area contributed by atoms with E-state index in [0.717, 1.165) is 24.2 Å². The number of rotatable bonds is 4. The monoisotopic (exact) mass is 323 g/mol. The number of ether oxygens (including phenoxy) is 1. The van der Waals surface area contributed by atoms with E-state index in [1.54, 1.807) is 12.4 Å². The van der Waals surface area contributed by atoms with Crippen molar-refractivity contribution in [3.63, 3.8) is 0 Å². The SMILES string of the molecule is FC(F)(F)c1ccc(N[C@@H]2COC[C@H]2Cc2ccncc2)nc1.